The molecule has 106 valence electrons. The van der Waals surface area contributed by atoms with Gasteiger partial charge in [0.15, 0.2) is 0 Å². The molecule has 2 aromatic rings. The number of amides is 1. The molecule has 0 aliphatic carbocycles. The Balaban J connectivity index is 1.68. The maximum Gasteiger partial charge on any atom is 0.254 e. The topological polar surface area (TPSA) is 32.3 Å². The van der Waals surface area contributed by atoms with Crippen LogP contribution in [-0.4, -0.2) is 36.5 Å². The van der Waals surface area contributed by atoms with Crippen molar-refractivity contribution < 1.29 is 4.79 Å². The molecule has 4 rings (SSSR count). The van der Waals surface area contributed by atoms with Gasteiger partial charge in [0, 0.05) is 31.1 Å². The zero-order chi connectivity index (χ0) is 14.2. The fourth-order valence-corrected chi connectivity index (χ4v) is 3.45. The summed E-state index contributed by atoms with van der Waals surface area (Å²) >= 11 is 0. The largest absolute Gasteiger partial charge is 0.334 e. The van der Waals surface area contributed by atoms with Crippen molar-refractivity contribution in [2.45, 2.75) is 6.04 Å². The molecular weight excluding hydrogens is 260 g/mol. The highest BCUT2D eigenvalue weighted by Crippen LogP contribution is 2.32. The number of rotatable bonds is 2. The molecule has 2 aliphatic heterocycles. The molecule has 1 amide bonds. The Labute approximate surface area is 124 Å². The molecule has 3 nitrogen and oxygen atoms in total. The molecule has 2 fully saturated rings. The van der Waals surface area contributed by atoms with Gasteiger partial charge in [0.2, 0.25) is 0 Å². The summed E-state index contributed by atoms with van der Waals surface area (Å²) in [5.41, 5.74) is 2.94. The highest BCUT2D eigenvalue weighted by molar-refractivity contribution is 6.01. The zero-order valence-electron chi connectivity index (χ0n) is 11.8. The van der Waals surface area contributed by atoms with Crippen LogP contribution >= 0.6 is 0 Å². The van der Waals surface area contributed by atoms with Crippen LogP contribution in [0.5, 0.6) is 0 Å². The quantitative estimate of drug-likeness (QED) is 0.915. The number of fused-ring (bicyclic) bond motifs is 1. The highest BCUT2D eigenvalue weighted by Gasteiger charge is 2.45. The molecular formula is C18H18N2O. The van der Waals surface area contributed by atoms with Gasteiger partial charge in [-0.2, -0.15) is 0 Å². The number of hydrogen-bond donors (Lipinski definition) is 1. The van der Waals surface area contributed by atoms with Crippen molar-refractivity contribution in [1.29, 1.82) is 0 Å². The Morgan fingerprint density at radius 3 is 2.57 bits per heavy atom. The summed E-state index contributed by atoms with van der Waals surface area (Å²) in [6, 6.07) is 18.4. The van der Waals surface area contributed by atoms with E-state index in [1.807, 2.05) is 47.4 Å². The van der Waals surface area contributed by atoms with Crippen molar-refractivity contribution in [2.24, 2.45) is 5.92 Å². The van der Waals surface area contributed by atoms with E-state index in [0.717, 1.165) is 36.3 Å². The van der Waals surface area contributed by atoms with Crippen molar-refractivity contribution in [3.05, 3.63) is 60.2 Å². The van der Waals surface area contributed by atoms with Gasteiger partial charge >= 0.3 is 0 Å². The smallest absolute Gasteiger partial charge is 0.254 e. The summed E-state index contributed by atoms with van der Waals surface area (Å²) in [7, 11) is 0. The van der Waals surface area contributed by atoms with Gasteiger partial charge in [0.1, 0.15) is 0 Å². The third-order valence-electron chi connectivity index (χ3n) is 4.64. The first-order valence-electron chi connectivity index (χ1n) is 7.51. The van der Waals surface area contributed by atoms with Gasteiger partial charge in [-0.25, -0.2) is 0 Å². The molecule has 2 saturated heterocycles. The van der Waals surface area contributed by atoms with Gasteiger partial charge in [0.25, 0.3) is 5.91 Å². The lowest BCUT2D eigenvalue weighted by Gasteiger charge is -2.44. The molecule has 2 unspecified atom stereocenters. The summed E-state index contributed by atoms with van der Waals surface area (Å²) in [5, 5.41) is 3.37. The van der Waals surface area contributed by atoms with E-state index in [0.29, 0.717) is 12.0 Å². The third kappa shape index (κ3) is 2.05. The van der Waals surface area contributed by atoms with Crippen LogP contribution in [0.1, 0.15) is 10.4 Å². The van der Waals surface area contributed by atoms with E-state index < -0.39 is 0 Å². The van der Waals surface area contributed by atoms with E-state index in [-0.39, 0.29) is 5.91 Å². The van der Waals surface area contributed by atoms with Crippen molar-refractivity contribution >= 4 is 5.91 Å². The molecule has 2 aromatic carbocycles. The summed E-state index contributed by atoms with van der Waals surface area (Å²) in [6.45, 7) is 2.87. The van der Waals surface area contributed by atoms with Gasteiger partial charge < -0.3 is 10.2 Å². The molecule has 2 atom stereocenters. The normalized spacial score (nSPS) is 23.5. The van der Waals surface area contributed by atoms with Gasteiger partial charge in [-0.15, -0.1) is 0 Å². The first-order chi connectivity index (χ1) is 10.3. The van der Waals surface area contributed by atoms with Crippen molar-refractivity contribution in [2.75, 3.05) is 19.6 Å². The van der Waals surface area contributed by atoms with E-state index >= 15 is 0 Å². The Bertz CT molecular complexity index is 668. The summed E-state index contributed by atoms with van der Waals surface area (Å²) in [5.74, 6) is 0.817. The molecule has 2 heterocycles. The second kappa shape index (κ2) is 5.01. The van der Waals surface area contributed by atoms with Gasteiger partial charge in [-0.3, -0.25) is 4.79 Å². The SMILES string of the molecule is O=C(c1ccccc1-c1ccccc1)N1CC2CNCC21. The predicted octanol–water partition coefficient (Wildman–Crippen LogP) is 2.40. The van der Waals surface area contributed by atoms with Gasteiger partial charge in [-0.05, 0) is 17.2 Å². The van der Waals surface area contributed by atoms with E-state index in [1.54, 1.807) is 0 Å². The molecule has 2 aliphatic rings. The number of likely N-dealkylation sites (tertiary alicyclic amines) is 1. The fourth-order valence-electron chi connectivity index (χ4n) is 3.45. The lowest BCUT2D eigenvalue weighted by molar-refractivity contribution is 0.0328. The van der Waals surface area contributed by atoms with Crippen LogP contribution in [0.2, 0.25) is 0 Å². The maximum atomic E-state index is 12.9. The second-order valence-corrected chi connectivity index (χ2v) is 5.85. The van der Waals surface area contributed by atoms with Crippen molar-refractivity contribution in [3.8, 4) is 11.1 Å². The number of carbonyl (C=O) groups is 1. The Morgan fingerprint density at radius 1 is 1.00 bits per heavy atom. The molecule has 0 radical (unpaired) electrons. The van der Waals surface area contributed by atoms with Crippen LogP contribution < -0.4 is 5.32 Å². The Hall–Kier alpha value is -2.13. The lowest BCUT2D eigenvalue weighted by Crippen LogP contribution is -2.58. The molecule has 3 heteroatoms. The van der Waals surface area contributed by atoms with Crippen LogP contribution in [0.4, 0.5) is 0 Å². The van der Waals surface area contributed by atoms with Crippen molar-refractivity contribution in [1.82, 2.24) is 10.2 Å². The van der Waals surface area contributed by atoms with Gasteiger partial charge in [-0.1, -0.05) is 48.5 Å². The molecule has 0 saturated carbocycles. The first-order valence-corrected chi connectivity index (χ1v) is 7.51. The molecule has 0 bridgehead atoms. The standard InChI is InChI=1S/C18H18N2O/c21-18(20-12-14-10-19-11-17(14)20)16-9-5-4-8-15(16)13-6-2-1-3-7-13/h1-9,14,17,19H,10-12H2. The minimum absolute atomic E-state index is 0.166. The molecule has 1 N–H and O–H groups in total. The lowest BCUT2D eigenvalue weighted by atomic mass is 9.89. The predicted molar refractivity (Wildman–Crippen MR) is 83.1 cm³/mol. The van der Waals surface area contributed by atoms with E-state index in [1.165, 1.54) is 0 Å². The zero-order valence-corrected chi connectivity index (χ0v) is 11.8. The van der Waals surface area contributed by atoms with Crippen LogP contribution in [0.25, 0.3) is 11.1 Å². The Kier molecular flexibility index (Phi) is 3.00. The molecule has 0 aromatic heterocycles. The van der Waals surface area contributed by atoms with Crippen LogP contribution in [-0.2, 0) is 0 Å². The maximum absolute atomic E-state index is 12.9. The summed E-state index contributed by atoms with van der Waals surface area (Å²) in [6.07, 6.45) is 0. The average Bonchev–Trinajstić information content (AvgIpc) is 2.89. The van der Waals surface area contributed by atoms with E-state index in [9.17, 15) is 4.79 Å². The number of carbonyl (C=O) groups excluding carboxylic acids is 1. The fraction of sp³-hybridized carbons (Fsp3) is 0.278. The first kappa shape index (κ1) is 12.6. The minimum Gasteiger partial charge on any atom is -0.334 e. The summed E-state index contributed by atoms with van der Waals surface area (Å²) in [4.78, 5) is 14.9. The average molecular weight is 278 g/mol. The molecule has 0 spiro atoms. The van der Waals surface area contributed by atoms with Crippen LogP contribution in [0.15, 0.2) is 54.6 Å². The van der Waals surface area contributed by atoms with E-state index in [4.69, 9.17) is 0 Å². The highest BCUT2D eigenvalue weighted by atomic mass is 16.2. The molecule has 21 heavy (non-hydrogen) atoms. The number of hydrogen-bond acceptors (Lipinski definition) is 2. The Morgan fingerprint density at radius 2 is 1.76 bits per heavy atom. The van der Waals surface area contributed by atoms with Crippen LogP contribution in [0, 0.1) is 5.92 Å². The minimum atomic E-state index is 0.166. The third-order valence-corrected chi connectivity index (χ3v) is 4.64. The number of nitrogens with one attached hydrogen (secondary N) is 1. The second-order valence-electron chi connectivity index (χ2n) is 5.85. The monoisotopic (exact) mass is 278 g/mol. The van der Waals surface area contributed by atoms with Crippen LogP contribution in [0.3, 0.4) is 0 Å². The number of benzene rings is 2. The van der Waals surface area contributed by atoms with Gasteiger partial charge in [0.05, 0.1) is 6.04 Å². The van der Waals surface area contributed by atoms with E-state index in [2.05, 4.69) is 17.4 Å². The number of nitrogens with zero attached hydrogens (tertiary/aromatic N) is 1. The van der Waals surface area contributed by atoms with Crippen molar-refractivity contribution in [3.63, 3.8) is 0 Å². The summed E-state index contributed by atoms with van der Waals surface area (Å²) < 4.78 is 0.